The average molecular weight is 591 g/mol. The van der Waals surface area contributed by atoms with E-state index in [2.05, 4.69) is 36.1 Å². The number of thiophene rings is 1. The number of nitrogens with one attached hydrogen (secondary N) is 1. The van der Waals surface area contributed by atoms with Crippen molar-refractivity contribution in [1.82, 2.24) is 5.01 Å². The second kappa shape index (κ2) is 12.6. The molecule has 1 N–H and O–H groups in total. The van der Waals surface area contributed by atoms with Crippen molar-refractivity contribution in [2.24, 2.45) is 10.1 Å². The minimum absolute atomic E-state index is 0.0494. The number of hydrazone groups is 1. The predicted octanol–water partition coefficient (Wildman–Crippen LogP) is 6.40. The van der Waals surface area contributed by atoms with Crippen LogP contribution in [0, 0.1) is 5.41 Å². The van der Waals surface area contributed by atoms with Gasteiger partial charge in [0, 0.05) is 0 Å². The molecular formula is C30H30N4O5S2. The Kier molecular flexibility index (Phi) is 8.75. The smallest absolute Gasteiger partial charge is 0.283 e. The van der Waals surface area contributed by atoms with Crippen molar-refractivity contribution in [2.75, 3.05) is 27.4 Å². The molecular weight excluding hydrogens is 560 g/mol. The van der Waals surface area contributed by atoms with Crippen LogP contribution in [-0.4, -0.2) is 54.4 Å². The Morgan fingerprint density at radius 3 is 2.39 bits per heavy atom. The molecule has 2 aliphatic heterocycles. The van der Waals surface area contributed by atoms with Gasteiger partial charge in [0.05, 0.1) is 24.7 Å². The number of rotatable bonds is 11. The van der Waals surface area contributed by atoms with Gasteiger partial charge in [-0.25, -0.2) is 0 Å². The number of carbonyl (C=O) groups excluding carboxylic acids is 1. The van der Waals surface area contributed by atoms with Gasteiger partial charge in [0.2, 0.25) is 10.9 Å². The number of nitrogens with zero attached hydrogens (tertiary/aromatic N) is 3. The predicted molar refractivity (Wildman–Crippen MR) is 164 cm³/mol. The van der Waals surface area contributed by atoms with Crippen molar-refractivity contribution in [1.29, 1.82) is 5.41 Å². The highest BCUT2D eigenvalue weighted by molar-refractivity contribution is 8.27. The summed E-state index contributed by atoms with van der Waals surface area (Å²) < 4.78 is 23.0. The van der Waals surface area contributed by atoms with E-state index in [0.717, 1.165) is 17.0 Å². The maximum absolute atomic E-state index is 12.9. The zero-order chi connectivity index (χ0) is 28.9. The van der Waals surface area contributed by atoms with Gasteiger partial charge in [0.1, 0.15) is 24.0 Å². The lowest BCUT2D eigenvalue weighted by molar-refractivity contribution is -0.114. The summed E-state index contributed by atoms with van der Waals surface area (Å²) in [6, 6.07) is 15.4. The topological polar surface area (TPSA) is 106 Å². The monoisotopic (exact) mass is 590 g/mol. The zero-order valence-electron chi connectivity index (χ0n) is 23.2. The van der Waals surface area contributed by atoms with Gasteiger partial charge in [-0.05, 0) is 77.0 Å². The van der Waals surface area contributed by atoms with Gasteiger partial charge >= 0.3 is 0 Å². The normalized spacial score (nSPS) is 16.3. The molecule has 41 heavy (non-hydrogen) atoms. The summed E-state index contributed by atoms with van der Waals surface area (Å²) in [4.78, 5) is 18.0. The van der Waals surface area contributed by atoms with E-state index in [0.29, 0.717) is 45.5 Å². The molecule has 0 bridgehead atoms. The van der Waals surface area contributed by atoms with Crippen LogP contribution in [0.2, 0.25) is 0 Å². The van der Waals surface area contributed by atoms with Gasteiger partial charge in [-0.1, -0.05) is 32.0 Å². The molecule has 3 aromatic rings. The third kappa shape index (κ3) is 6.15. The Bertz CT molecular complexity index is 1510. The van der Waals surface area contributed by atoms with E-state index >= 15 is 0 Å². The first-order valence-corrected chi connectivity index (χ1v) is 14.8. The maximum Gasteiger partial charge on any atom is 0.283 e. The number of ether oxygens (including phenoxy) is 4. The highest BCUT2D eigenvalue weighted by Crippen LogP contribution is 2.40. The van der Waals surface area contributed by atoms with Gasteiger partial charge in [-0.3, -0.25) is 10.2 Å². The van der Waals surface area contributed by atoms with Crippen LogP contribution in [-0.2, 0) is 4.79 Å². The lowest BCUT2D eigenvalue weighted by Gasteiger charge is -2.20. The van der Waals surface area contributed by atoms with E-state index in [9.17, 15) is 4.79 Å². The third-order valence-corrected chi connectivity index (χ3v) is 8.59. The number of benzene rings is 2. The molecule has 212 valence electrons. The first kappa shape index (κ1) is 28.4. The first-order chi connectivity index (χ1) is 19.9. The van der Waals surface area contributed by atoms with E-state index in [1.807, 2.05) is 29.6 Å². The molecule has 1 amide bonds. The zero-order valence-corrected chi connectivity index (χ0v) is 24.8. The van der Waals surface area contributed by atoms with Crippen LogP contribution in [0.5, 0.6) is 23.0 Å². The molecule has 0 fully saturated rings. The van der Waals surface area contributed by atoms with E-state index in [-0.39, 0.29) is 18.0 Å². The minimum Gasteiger partial charge on any atom is -0.493 e. The molecule has 0 radical (unpaired) electrons. The van der Waals surface area contributed by atoms with Crippen LogP contribution in [0.25, 0.3) is 6.08 Å². The van der Waals surface area contributed by atoms with E-state index in [1.54, 1.807) is 18.2 Å². The Morgan fingerprint density at radius 2 is 1.76 bits per heavy atom. The van der Waals surface area contributed by atoms with Gasteiger partial charge in [0.25, 0.3) is 5.91 Å². The molecule has 1 aromatic heterocycles. The molecule has 1 atom stereocenters. The first-order valence-electron chi connectivity index (χ1n) is 13.1. The lowest BCUT2D eigenvalue weighted by Crippen LogP contribution is -2.35. The number of amidine groups is 2. The number of aliphatic imine (C=N–C) groups is 1. The van der Waals surface area contributed by atoms with Crippen LogP contribution < -0.4 is 18.9 Å². The molecule has 2 aromatic carbocycles. The Labute approximate surface area is 247 Å². The average Bonchev–Trinajstić information content (AvgIpc) is 3.68. The van der Waals surface area contributed by atoms with Crippen molar-refractivity contribution in [3.63, 3.8) is 0 Å². The number of hydrogen-bond donors (Lipinski definition) is 1. The van der Waals surface area contributed by atoms with Crippen LogP contribution in [0.15, 0.2) is 69.6 Å². The fraction of sp³-hybridized carbons (Fsp3) is 0.267. The number of thioether (sulfide) groups is 1. The largest absolute Gasteiger partial charge is 0.493 e. The molecule has 0 saturated heterocycles. The molecule has 3 heterocycles. The maximum atomic E-state index is 12.9. The van der Waals surface area contributed by atoms with Crippen molar-refractivity contribution in [3.05, 3.63) is 75.5 Å². The standard InChI is InChI=1S/C30H30N4O5S2/c1-5-18(2)20-8-10-21(11-9-20)38-12-13-39-26-23(36-3)16-19(17-24(26)37-4)15-22-27(31)34-30(32-28(22)35)41-29(33-34)25-7-6-14-40-25/h6-11,14-18,31H,5,12-13H2,1-4H3/b22-15-,31-27?. The number of hydrogen-bond acceptors (Lipinski definition) is 9. The summed E-state index contributed by atoms with van der Waals surface area (Å²) in [5.41, 5.74) is 1.98. The van der Waals surface area contributed by atoms with Gasteiger partial charge in [-0.2, -0.15) is 15.1 Å². The summed E-state index contributed by atoms with van der Waals surface area (Å²) in [5.74, 6) is 1.98. The van der Waals surface area contributed by atoms with Crippen LogP contribution >= 0.6 is 23.1 Å². The highest BCUT2D eigenvalue weighted by atomic mass is 32.2. The number of amides is 1. The summed E-state index contributed by atoms with van der Waals surface area (Å²) in [6.45, 7) is 4.97. The molecule has 5 rings (SSSR count). The van der Waals surface area contributed by atoms with Crippen LogP contribution in [0.4, 0.5) is 0 Å². The molecule has 0 aliphatic carbocycles. The molecule has 9 nitrogen and oxygen atoms in total. The Balaban J connectivity index is 1.29. The van der Waals surface area contributed by atoms with Crippen LogP contribution in [0.3, 0.4) is 0 Å². The number of fused-ring (bicyclic) bond motifs is 1. The van der Waals surface area contributed by atoms with Crippen molar-refractivity contribution in [3.8, 4) is 23.0 Å². The summed E-state index contributed by atoms with van der Waals surface area (Å²) in [7, 11) is 3.06. The second-order valence-electron chi connectivity index (χ2n) is 9.23. The van der Waals surface area contributed by atoms with Gasteiger partial charge in [0.15, 0.2) is 17.3 Å². The van der Waals surface area contributed by atoms with E-state index in [4.69, 9.17) is 24.4 Å². The third-order valence-electron chi connectivity index (χ3n) is 6.64. The number of carbonyl (C=O) groups is 1. The Morgan fingerprint density at radius 1 is 1.05 bits per heavy atom. The van der Waals surface area contributed by atoms with Crippen LogP contribution in [0.1, 0.15) is 42.2 Å². The second-order valence-corrected chi connectivity index (χ2v) is 11.1. The van der Waals surface area contributed by atoms with Gasteiger partial charge < -0.3 is 18.9 Å². The van der Waals surface area contributed by atoms with Crippen molar-refractivity contribution >= 4 is 51.1 Å². The highest BCUT2D eigenvalue weighted by Gasteiger charge is 2.36. The molecule has 2 aliphatic rings. The SMILES string of the molecule is CCC(C)c1ccc(OCCOc2c(OC)cc(/C=C3/C(=N)N4N=C(c5cccs5)SC4=NC3=O)cc2OC)cc1. The van der Waals surface area contributed by atoms with E-state index < -0.39 is 5.91 Å². The van der Waals surface area contributed by atoms with Crippen molar-refractivity contribution in [2.45, 2.75) is 26.2 Å². The number of methoxy groups -OCH3 is 2. The van der Waals surface area contributed by atoms with Gasteiger partial charge in [-0.15, -0.1) is 11.3 Å². The van der Waals surface area contributed by atoms with Crippen molar-refractivity contribution < 1.29 is 23.7 Å². The molecule has 0 spiro atoms. The minimum atomic E-state index is -0.510. The Hall–Kier alpha value is -4.09. The molecule has 0 saturated carbocycles. The molecule has 1 unspecified atom stereocenters. The quantitative estimate of drug-likeness (QED) is 0.203. The fourth-order valence-corrected chi connectivity index (χ4v) is 5.90. The summed E-state index contributed by atoms with van der Waals surface area (Å²) in [6.07, 6.45) is 2.67. The lowest BCUT2D eigenvalue weighted by atomic mass is 9.99. The summed E-state index contributed by atoms with van der Waals surface area (Å²) in [5, 5.41) is 17.6. The fourth-order valence-electron chi connectivity index (χ4n) is 4.22. The van der Waals surface area contributed by atoms with E-state index in [1.165, 1.54) is 47.9 Å². The molecule has 11 heteroatoms. The summed E-state index contributed by atoms with van der Waals surface area (Å²) >= 11 is 2.81.